The van der Waals surface area contributed by atoms with Crippen LogP contribution >= 0.6 is 23.2 Å². The lowest BCUT2D eigenvalue weighted by Crippen LogP contribution is -2.53. The van der Waals surface area contributed by atoms with Crippen molar-refractivity contribution in [2.45, 2.75) is 63.1 Å². The topological polar surface area (TPSA) is 131 Å². The summed E-state index contributed by atoms with van der Waals surface area (Å²) in [5.41, 5.74) is -6.94. The Bertz CT molecular complexity index is 1930. The van der Waals surface area contributed by atoms with Gasteiger partial charge in [-0.15, -0.1) is 0 Å². The van der Waals surface area contributed by atoms with E-state index in [4.69, 9.17) is 33.0 Å². The van der Waals surface area contributed by atoms with Crippen LogP contribution in [0.4, 0.5) is 47.3 Å². The number of benzene rings is 2. The number of hydrogen-bond acceptors (Lipinski definition) is 7. The second-order valence-corrected chi connectivity index (χ2v) is 12.6. The van der Waals surface area contributed by atoms with Crippen LogP contribution in [0.5, 0.6) is 0 Å². The standard InChI is InChI=1S/C17H13ClF3NO4.C14H9ClF3NO2.C4H6O2.CH4/c18-11-3-4-13-12(9-11)16(17(19,20)21,7-5-10-1-2-10)26-15(25)22(13)8-6-14(23)24;15-9-3-4-11-10(7-9)13(14(16,17)18,21-12(20)19-11)6-5-8-1-2-8;1-3-4(5)6-2;/h3-4,9-10H,1-2,6,8H2,(H,23,24);3-4,7-8H,1-2H2,(H,19,20);3H,1H2,2H3;1H4/t16-;13-;;/m00../s1. The Kier molecular flexibility index (Phi) is 13.6. The summed E-state index contributed by atoms with van der Waals surface area (Å²) in [5.74, 6) is 7.49. The molecule has 2 atom stereocenters. The first-order chi connectivity index (χ1) is 24.8. The van der Waals surface area contributed by atoms with Crippen molar-refractivity contribution >= 4 is 58.7 Å². The molecule has 0 saturated heterocycles. The number of hydrogen-bond donors (Lipinski definition) is 2. The molecule has 0 bridgehead atoms. The van der Waals surface area contributed by atoms with Crippen molar-refractivity contribution in [3.8, 4) is 23.7 Å². The highest BCUT2D eigenvalue weighted by atomic mass is 35.5. The van der Waals surface area contributed by atoms with Crippen molar-refractivity contribution in [1.29, 1.82) is 0 Å². The number of fused-ring (bicyclic) bond motifs is 2. The van der Waals surface area contributed by atoms with E-state index in [1.54, 1.807) is 0 Å². The first kappa shape index (κ1) is 43.3. The van der Waals surface area contributed by atoms with Gasteiger partial charge in [-0.3, -0.25) is 15.0 Å². The van der Waals surface area contributed by atoms with E-state index < -0.39 is 59.7 Å². The van der Waals surface area contributed by atoms with E-state index in [9.17, 15) is 45.5 Å². The third-order valence-electron chi connectivity index (χ3n) is 7.71. The van der Waals surface area contributed by atoms with Crippen LogP contribution in [0, 0.1) is 35.5 Å². The van der Waals surface area contributed by atoms with Crippen LogP contribution in [-0.4, -0.2) is 55.2 Å². The zero-order chi connectivity index (χ0) is 39.4. The van der Waals surface area contributed by atoms with E-state index in [0.29, 0.717) is 12.8 Å². The maximum absolute atomic E-state index is 14.0. The molecule has 10 nitrogen and oxygen atoms in total. The predicted octanol–water partition coefficient (Wildman–Crippen LogP) is 9.00. The number of amides is 2. The van der Waals surface area contributed by atoms with Crippen molar-refractivity contribution < 1.29 is 64.8 Å². The molecule has 4 aliphatic rings. The van der Waals surface area contributed by atoms with Crippen molar-refractivity contribution in [3.63, 3.8) is 0 Å². The zero-order valence-corrected chi connectivity index (χ0v) is 28.9. The summed E-state index contributed by atoms with van der Waals surface area (Å²) < 4.78 is 96.2. The average Bonchev–Trinajstić information content (AvgIpc) is 4.01. The molecule has 0 unspecified atom stereocenters. The Labute approximate surface area is 315 Å². The minimum absolute atomic E-state index is 0. The van der Waals surface area contributed by atoms with Gasteiger partial charge in [-0.05, 0) is 73.9 Å². The fraction of sp³-hybridized carbons (Fsp3) is 0.389. The van der Waals surface area contributed by atoms with Crippen molar-refractivity contribution in [2.24, 2.45) is 11.8 Å². The van der Waals surface area contributed by atoms with Gasteiger partial charge in [0.2, 0.25) is 0 Å². The number of aliphatic carboxylic acids is 1. The second-order valence-electron chi connectivity index (χ2n) is 11.7. The lowest BCUT2D eigenvalue weighted by molar-refractivity contribution is -0.240. The van der Waals surface area contributed by atoms with Crippen LogP contribution < -0.4 is 10.2 Å². The molecule has 2 aromatic rings. The first-order valence-electron chi connectivity index (χ1n) is 15.5. The summed E-state index contributed by atoms with van der Waals surface area (Å²) in [6.07, 6.45) is -8.79. The van der Waals surface area contributed by atoms with Crippen molar-refractivity contribution in [3.05, 3.63) is 70.2 Å². The number of esters is 1. The largest absolute Gasteiger partial charge is 0.481 e. The average molecular weight is 806 g/mol. The molecule has 0 spiro atoms. The molecule has 2 aliphatic heterocycles. The number of anilines is 2. The fourth-order valence-corrected chi connectivity index (χ4v) is 5.07. The number of ether oxygens (including phenoxy) is 3. The van der Waals surface area contributed by atoms with Gasteiger partial charge in [-0.1, -0.05) is 49.0 Å². The van der Waals surface area contributed by atoms with Gasteiger partial charge in [0.25, 0.3) is 11.2 Å². The molecule has 2 fully saturated rings. The highest BCUT2D eigenvalue weighted by Crippen LogP contribution is 2.50. The Morgan fingerprint density at radius 1 is 0.944 bits per heavy atom. The third-order valence-corrected chi connectivity index (χ3v) is 8.18. The molecule has 2 aliphatic carbocycles. The second kappa shape index (κ2) is 17.0. The van der Waals surface area contributed by atoms with Gasteiger partial charge >= 0.3 is 36.5 Å². The van der Waals surface area contributed by atoms with Gasteiger partial charge in [-0.2, -0.15) is 26.3 Å². The fourth-order valence-electron chi connectivity index (χ4n) is 4.73. The zero-order valence-electron chi connectivity index (χ0n) is 27.4. The molecule has 2 N–H and O–H groups in total. The van der Waals surface area contributed by atoms with Gasteiger partial charge < -0.3 is 19.3 Å². The Morgan fingerprint density at radius 2 is 1.44 bits per heavy atom. The molecule has 2 saturated carbocycles. The number of carbonyl (C=O) groups excluding carboxylic acids is 3. The molecular weight excluding hydrogens is 773 g/mol. The highest BCUT2D eigenvalue weighted by molar-refractivity contribution is 6.31. The molecule has 54 heavy (non-hydrogen) atoms. The smallest absolute Gasteiger partial charge is 0.445 e. The maximum atomic E-state index is 14.0. The normalized spacial score (nSPS) is 20.9. The number of alkyl halides is 6. The van der Waals surface area contributed by atoms with Crippen molar-refractivity contribution in [1.82, 2.24) is 0 Å². The number of cyclic esters (lactones) is 2. The molecular formula is C36H32Cl2F6N2O8. The summed E-state index contributed by atoms with van der Waals surface area (Å²) in [7, 11) is 1.31. The Hall–Kier alpha value is -5.06. The summed E-state index contributed by atoms with van der Waals surface area (Å²) in [6.45, 7) is 2.82. The van der Waals surface area contributed by atoms with Crippen LogP contribution in [0.3, 0.4) is 0 Å². The molecule has 2 heterocycles. The van der Waals surface area contributed by atoms with E-state index in [2.05, 4.69) is 45.1 Å². The highest BCUT2D eigenvalue weighted by Gasteiger charge is 2.64. The van der Waals surface area contributed by atoms with E-state index in [1.807, 2.05) is 0 Å². The minimum Gasteiger partial charge on any atom is -0.481 e. The van der Waals surface area contributed by atoms with Crippen LogP contribution in [0.15, 0.2) is 49.1 Å². The molecule has 2 amide bonds. The van der Waals surface area contributed by atoms with E-state index in [0.717, 1.165) is 36.0 Å². The number of carbonyl (C=O) groups is 4. The van der Waals surface area contributed by atoms with Gasteiger partial charge in [-0.25, -0.2) is 14.4 Å². The summed E-state index contributed by atoms with van der Waals surface area (Å²) >= 11 is 11.7. The number of carboxylic acids is 1. The number of carboxylic acid groups (broad SMARTS) is 1. The first-order valence-corrected chi connectivity index (χ1v) is 16.2. The molecule has 0 aromatic heterocycles. The van der Waals surface area contributed by atoms with Gasteiger partial charge in [0.1, 0.15) is 0 Å². The van der Waals surface area contributed by atoms with E-state index in [1.165, 1.54) is 31.4 Å². The Morgan fingerprint density at radius 3 is 1.89 bits per heavy atom. The van der Waals surface area contributed by atoms with Gasteiger partial charge in [0, 0.05) is 45.6 Å². The number of nitrogens with zero attached hydrogens (tertiary/aromatic N) is 1. The summed E-state index contributed by atoms with van der Waals surface area (Å²) in [6, 6.07) is 7.41. The number of halogens is 8. The molecule has 2 aromatic carbocycles. The number of rotatable bonds is 4. The minimum atomic E-state index is -5.00. The third kappa shape index (κ3) is 9.92. The molecule has 290 valence electrons. The predicted molar refractivity (Wildman–Crippen MR) is 184 cm³/mol. The van der Waals surface area contributed by atoms with Gasteiger partial charge in [0.15, 0.2) is 0 Å². The number of nitrogens with one attached hydrogen (secondary N) is 1. The SMILES string of the molecule is C.C=CC(=O)OC.O=C(O)CCN1C(=O)O[C@](C#CC2CC2)(C(F)(F)F)c2cc(Cl)ccc21.O=C1Nc2ccc(Cl)cc2[C@@](C#CC2CC2)(C(F)(F)F)O1. The number of methoxy groups -OCH3 is 1. The molecule has 6 rings (SSSR count). The van der Waals surface area contributed by atoms with E-state index in [-0.39, 0.29) is 52.8 Å². The van der Waals surface area contributed by atoms with Crippen molar-refractivity contribution in [2.75, 3.05) is 23.9 Å². The Balaban J connectivity index is 0.000000252. The van der Waals surface area contributed by atoms with Gasteiger partial charge in [0.05, 0.1) is 24.9 Å². The summed E-state index contributed by atoms with van der Waals surface area (Å²) in [5, 5.41) is 11.2. The molecule has 18 heteroatoms. The maximum Gasteiger partial charge on any atom is 0.445 e. The lowest BCUT2D eigenvalue weighted by atomic mass is 9.89. The van der Waals surface area contributed by atoms with Crippen LogP contribution in [0.25, 0.3) is 0 Å². The summed E-state index contributed by atoms with van der Waals surface area (Å²) in [4.78, 5) is 45.3. The monoisotopic (exact) mass is 804 g/mol. The van der Waals surface area contributed by atoms with Crippen LogP contribution in [-0.2, 0) is 35.0 Å². The van der Waals surface area contributed by atoms with Crippen LogP contribution in [0.2, 0.25) is 10.0 Å². The van der Waals surface area contributed by atoms with E-state index >= 15 is 0 Å². The quantitative estimate of drug-likeness (QED) is 0.103. The lowest BCUT2D eigenvalue weighted by Gasteiger charge is -2.40. The molecule has 0 radical (unpaired) electrons. The van der Waals surface area contributed by atoms with Crippen LogP contribution in [0.1, 0.15) is 50.7 Å².